The third-order valence-corrected chi connectivity index (χ3v) is 2.06. The third-order valence-electron chi connectivity index (χ3n) is 2.06. The summed E-state index contributed by atoms with van der Waals surface area (Å²) in [7, 11) is 0. The number of aliphatic hydroxyl groups is 1. The Bertz CT molecular complexity index is 139. The zero-order valence-corrected chi connectivity index (χ0v) is 8.12. The van der Waals surface area contributed by atoms with Gasteiger partial charge in [-0.2, -0.15) is 0 Å². The predicted octanol–water partition coefficient (Wildman–Crippen LogP) is 0.459. The van der Waals surface area contributed by atoms with E-state index < -0.39 is 5.97 Å². The first-order valence-electron chi connectivity index (χ1n) is 4.74. The maximum absolute atomic E-state index is 10.2. The summed E-state index contributed by atoms with van der Waals surface area (Å²) >= 11 is 0. The molecule has 0 spiro atoms. The number of aliphatic hydroxyl groups excluding tert-OH is 1. The molecule has 1 atom stereocenters. The third kappa shape index (κ3) is 7.74. The van der Waals surface area contributed by atoms with Crippen LogP contribution in [0, 0.1) is 5.92 Å². The Kier molecular flexibility index (Phi) is 7.63. The molecule has 78 valence electrons. The van der Waals surface area contributed by atoms with Crippen molar-refractivity contribution in [2.45, 2.75) is 26.2 Å². The predicted molar refractivity (Wildman–Crippen MR) is 50.6 cm³/mol. The highest BCUT2D eigenvalue weighted by Crippen LogP contribution is 2.05. The van der Waals surface area contributed by atoms with Crippen molar-refractivity contribution >= 4 is 5.97 Å². The van der Waals surface area contributed by atoms with Crippen molar-refractivity contribution < 1.29 is 15.0 Å². The number of hydrogen-bond donors (Lipinski definition) is 3. The van der Waals surface area contributed by atoms with E-state index in [0.717, 1.165) is 19.4 Å². The SMILES string of the molecule is CCC(CCO)CNCCC(=O)O. The number of hydrogen-bond acceptors (Lipinski definition) is 3. The molecule has 4 heteroatoms. The monoisotopic (exact) mass is 189 g/mol. The number of carboxylic acids is 1. The van der Waals surface area contributed by atoms with Crippen LogP contribution in [-0.4, -0.2) is 35.9 Å². The molecule has 0 aliphatic heterocycles. The van der Waals surface area contributed by atoms with E-state index >= 15 is 0 Å². The standard InChI is InChI=1S/C9H19NO3/c1-2-8(4-6-11)7-10-5-3-9(12)13/h8,10-11H,2-7H2,1H3,(H,12,13). The highest BCUT2D eigenvalue weighted by Gasteiger charge is 2.04. The van der Waals surface area contributed by atoms with Crippen molar-refractivity contribution in [3.05, 3.63) is 0 Å². The molecule has 1 unspecified atom stereocenters. The lowest BCUT2D eigenvalue weighted by Crippen LogP contribution is -2.25. The van der Waals surface area contributed by atoms with Gasteiger partial charge in [0.25, 0.3) is 0 Å². The Labute approximate surface area is 79.0 Å². The van der Waals surface area contributed by atoms with Crippen LogP contribution in [0.1, 0.15) is 26.2 Å². The molecule has 0 fully saturated rings. The van der Waals surface area contributed by atoms with E-state index in [9.17, 15) is 4.79 Å². The number of rotatable bonds is 8. The highest BCUT2D eigenvalue weighted by molar-refractivity contribution is 5.66. The molecule has 4 nitrogen and oxygen atoms in total. The van der Waals surface area contributed by atoms with Crippen molar-refractivity contribution in [2.24, 2.45) is 5.92 Å². The molecule has 0 bridgehead atoms. The topological polar surface area (TPSA) is 69.6 Å². The summed E-state index contributed by atoms with van der Waals surface area (Å²) in [6, 6.07) is 0. The maximum atomic E-state index is 10.2. The molecule has 0 saturated carbocycles. The van der Waals surface area contributed by atoms with E-state index in [1.165, 1.54) is 0 Å². The van der Waals surface area contributed by atoms with Crippen molar-refractivity contribution in [3.63, 3.8) is 0 Å². The van der Waals surface area contributed by atoms with Gasteiger partial charge in [-0.25, -0.2) is 0 Å². The summed E-state index contributed by atoms with van der Waals surface area (Å²) in [6.45, 7) is 3.58. The molecule has 0 amide bonds. The van der Waals surface area contributed by atoms with Gasteiger partial charge >= 0.3 is 5.97 Å². The van der Waals surface area contributed by atoms with E-state index in [1.807, 2.05) is 0 Å². The molecule has 13 heavy (non-hydrogen) atoms. The normalized spacial score (nSPS) is 12.8. The zero-order chi connectivity index (χ0) is 10.1. The first-order valence-corrected chi connectivity index (χ1v) is 4.74. The lowest BCUT2D eigenvalue weighted by molar-refractivity contribution is -0.136. The largest absolute Gasteiger partial charge is 0.481 e. The highest BCUT2D eigenvalue weighted by atomic mass is 16.4. The van der Waals surface area contributed by atoms with Crippen LogP contribution in [0.2, 0.25) is 0 Å². The molecular weight excluding hydrogens is 170 g/mol. The molecule has 0 aromatic rings. The van der Waals surface area contributed by atoms with Crippen LogP contribution in [0.4, 0.5) is 0 Å². The van der Waals surface area contributed by atoms with Gasteiger partial charge in [-0.3, -0.25) is 4.79 Å². The summed E-state index contributed by atoms with van der Waals surface area (Å²) in [6.07, 6.45) is 1.97. The summed E-state index contributed by atoms with van der Waals surface area (Å²) in [5.74, 6) is -0.318. The van der Waals surface area contributed by atoms with Crippen molar-refractivity contribution in [3.8, 4) is 0 Å². The van der Waals surface area contributed by atoms with Crippen LogP contribution in [0.25, 0.3) is 0 Å². The zero-order valence-electron chi connectivity index (χ0n) is 8.12. The fourth-order valence-corrected chi connectivity index (χ4v) is 1.13. The number of carboxylic acid groups (broad SMARTS) is 1. The summed E-state index contributed by atoms with van der Waals surface area (Å²) in [5.41, 5.74) is 0. The van der Waals surface area contributed by atoms with E-state index in [4.69, 9.17) is 10.2 Å². The van der Waals surface area contributed by atoms with Crippen molar-refractivity contribution in [2.75, 3.05) is 19.7 Å². The van der Waals surface area contributed by atoms with Gasteiger partial charge in [0.1, 0.15) is 0 Å². The Morgan fingerprint density at radius 3 is 2.69 bits per heavy atom. The summed E-state index contributed by atoms with van der Waals surface area (Å²) in [4.78, 5) is 10.2. The second kappa shape index (κ2) is 8.01. The molecule has 0 saturated heterocycles. The van der Waals surface area contributed by atoms with Crippen molar-refractivity contribution in [1.29, 1.82) is 0 Å². The van der Waals surface area contributed by atoms with Crippen LogP contribution < -0.4 is 5.32 Å². The number of aliphatic carboxylic acids is 1. The van der Waals surface area contributed by atoms with Gasteiger partial charge in [0.05, 0.1) is 6.42 Å². The molecule has 0 heterocycles. The van der Waals surface area contributed by atoms with Crippen molar-refractivity contribution in [1.82, 2.24) is 5.32 Å². The molecule has 0 rings (SSSR count). The van der Waals surface area contributed by atoms with Gasteiger partial charge in [0.2, 0.25) is 0 Å². The second-order valence-electron chi connectivity index (χ2n) is 3.13. The molecule has 0 aliphatic carbocycles. The fraction of sp³-hybridized carbons (Fsp3) is 0.889. The molecule has 0 aliphatic rings. The minimum Gasteiger partial charge on any atom is -0.481 e. The van der Waals surface area contributed by atoms with Crippen LogP contribution in [0.5, 0.6) is 0 Å². The maximum Gasteiger partial charge on any atom is 0.304 e. The Balaban J connectivity index is 3.32. The smallest absolute Gasteiger partial charge is 0.304 e. The van der Waals surface area contributed by atoms with Gasteiger partial charge in [-0.05, 0) is 18.9 Å². The summed E-state index contributed by atoms with van der Waals surface area (Å²) in [5, 5.41) is 20.1. The first kappa shape index (κ1) is 12.4. The van der Waals surface area contributed by atoms with E-state index in [2.05, 4.69) is 12.2 Å². The summed E-state index contributed by atoms with van der Waals surface area (Å²) < 4.78 is 0. The van der Waals surface area contributed by atoms with Gasteiger partial charge < -0.3 is 15.5 Å². The molecule has 3 N–H and O–H groups in total. The van der Waals surface area contributed by atoms with Crippen LogP contribution in [0.3, 0.4) is 0 Å². The minimum atomic E-state index is -0.775. The van der Waals surface area contributed by atoms with Crippen LogP contribution in [-0.2, 0) is 4.79 Å². The van der Waals surface area contributed by atoms with Gasteiger partial charge in [-0.15, -0.1) is 0 Å². The molecule has 0 radical (unpaired) electrons. The average molecular weight is 189 g/mol. The Morgan fingerprint density at radius 2 is 2.23 bits per heavy atom. The Hall–Kier alpha value is -0.610. The van der Waals surface area contributed by atoms with Gasteiger partial charge in [0.15, 0.2) is 0 Å². The molecular formula is C9H19NO3. The fourth-order valence-electron chi connectivity index (χ4n) is 1.13. The van der Waals surface area contributed by atoms with E-state index in [-0.39, 0.29) is 13.0 Å². The Morgan fingerprint density at radius 1 is 1.54 bits per heavy atom. The van der Waals surface area contributed by atoms with Gasteiger partial charge in [0, 0.05) is 13.2 Å². The van der Waals surface area contributed by atoms with Gasteiger partial charge in [-0.1, -0.05) is 13.3 Å². The van der Waals surface area contributed by atoms with Crippen LogP contribution in [0.15, 0.2) is 0 Å². The lowest BCUT2D eigenvalue weighted by atomic mass is 10.0. The minimum absolute atomic E-state index is 0.162. The average Bonchev–Trinajstić information content (AvgIpc) is 2.10. The number of nitrogens with one attached hydrogen (secondary N) is 1. The van der Waals surface area contributed by atoms with E-state index in [1.54, 1.807) is 0 Å². The second-order valence-corrected chi connectivity index (χ2v) is 3.13. The van der Waals surface area contributed by atoms with Crippen LogP contribution >= 0.6 is 0 Å². The molecule has 0 aromatic heterocycles. The quantitative estimate of drug-likeness (QED) is 0.485. The lowest BCUT2D eigenvalue weighted by Gasteiger charge is -2.13. The first-order chi connectivity index (χ1) is 6.20. The molecule has 0 aromatic carbocycles. The van der Waals surface area contributed by atoms with E-state index in [0.29, 0.717) is 12.5 Å². The number of carbonyl (C=O) groups is 1.